The van der Waals surface area contributed by atoms with Gasteiger partial charge in [0.2, 0.25) is 0 Å². The molecule has 1 rings (SSSR count). The second kappa shape index (κ2) is 1.71. The monoisotopic (exact) mass is 115 g/mol. The second-order valence-electron chi connectivity index (χ2n) is 2.37. The van der Waals surface area contributed by atoms with Crippen molar-refractivity contribution >= 4 is 0 Å². The van der Waals surface area contributed by atoms with E-state index in [2.05, 4.69) is 6.92 Å². The van der Waals surface area contributed by atoms with Crippen LogP contribution >= 0.6 is 0 Å². The standard InChI is InChI=1S/C6H11O2/c1-5-4-7-6(2,3)8-5/h5H,2,4H2,1,3H3. The van der Waals surface area contributed by atoms with Crippen LogP contribution in [0.2, 0.25) is 0 Å². The molecule has 1 radical (unpaired) electrons. The fraction of sp³-hybridized carbons (Fsp3) is 0.833. The molecule has 0 aliphatic carbocycles. The van der Waals surface area contributed by atoms with Crippen molar-refractivity contribution in [1.82, 2.24) is 0 Å². The molecule has 2 unspecified atom stereocenters. The molecule has 0 N–H and O–H groups in total. The molecule has 1 aliphatic heterocycles. The highest BCUT2D eigenvalue weighted by Gasteiger charge is 2.29. The van der Waals surface area contributed by atoms with Crippen LogP contribution in [0, 0.1) is 6.92 Å². The normalized spacial score (nSPS) is 35.6. The Hall–Kier alpha value is -0.0800. The van der Waals surface area contributed by atoms with Gasteiger partial charge in [-0.3, -0.25) is 0 Å². The van der Waals surface area contributed by atoms with Gasteiger partial charge < -0.3 is 9.47 Å². The van der Waals surface area contributed by atoms with Gasteiger partial charge in [0.05, 0.1) is 12.7 Å². The summed E-state index contributed by atoms with van der Waals surface area (Å²) >= 11 is 0. The maximum Gasteiger partial charge on any atom is 0.166 e. The van der Waals surface area contributed by atoms with Gasteiger partial charge in [-0.1, -0.05) is 0 Å². The van der Waals surface area contributed by atoms with Crippen LogP contribution < -0.4 is 0 Å². The number of hydrogen-bond donors (Lipinski definition) is 0. The van der Waals surface area contributed by atoms with E-state index in [1.165, 1.54) is 0 Å². The van der Waals surface area contributed by atoms with Crippen LogP contribution in [0.3, 0.4) is 0 Å². The zero-order chi connectivity index (χ0) is 6.20. The first-order chi connectivity index (χ1) is 3.60. The van der Waals surface area contributed by atoms with Crippen LogP contribution in [0.1, 0.15) is 13.8 Å². The minimum absolute atomic E-state index is 0.206. The molecular formula is C6H11O2. The highest BCUT2D eigenvalue weighted by Crippen LogP contribution is 2.20. The summed E-state index contributed by atoms with van der Waals surface area (Å²) in [5, 5.41) is 0. The largest absolute Gasteiger partial charge is 0.348 e. The molecule has 0 bridgehead atoms. The minimum Gasteiger partial charge on any atom is -0.348 e. The summed E-state index contributed by atoms with van der Waals surface area (Å²) in [4.78, 5) is 0. The third-order valence-electron chi connectivity index (χ3n) is 1.07. The van der Waals surface area contributed by atoms with E-state index in [1.807, 2.05) is 13.8 Å². The average molecular weight is 115 g/mol. The molecule has 2 atom stereocenters. The Bertz CT molecular complexity index is 88.5. The zero-order valence-electron chi connectivity index (χ0n) is 5.31. The predicted octanol–water partition coefficient (Wildman–Crippen LogP) is 0.972. The third kappa shape index (κ3) is 1.20. The molecule has 0 aromatic heterocycles. The van der Waals surface area contributed by atoms with Crippen molar-refractivity contribution in [2.24, 2.45) is 0 Å². The van der Waals surface area contributed by atoms with E-state index in [4.69, 9.17) is 9.47 Å². The van der Waals surface area contributed by atoms with Crippen LogP contribution in [0.25, 0.3) is 0 Å². The van der Waals surface area contributed by atoms with Gasteiger partial charge in [0.25, 0.3) is 0 Å². The van der Waals surface area contributed by atoms with Crippen molar-refractivity contribution in [2.45, 2.75) is 25.7 Å². The van der Waals surface area contributed by atoms with E-state index >= 15 is 0 Å². The van der Waals surface area contributed by atoms with Gasteiger partial charge in [-0.25, -0.2) is 0 Å². The van der Waals surface area contributed by atoms with Crippen molar-refractivity contribution in [2.75, 3.05) is 6.61 Å². The quantitative estimate of drug-likeness (QED) is 0.468. The lowest BCUT2D eigenvalue weighted by molar-refractivity contribution is -0.113. The van der Waals surface area contributed by atoms with E-state index in [-0.39, 0.29) is 6.10 Å². The molecule has 47 valence electrons. The Morgan fingerprint density at radius 1 is 1.75 bits per heavy atom. The molecule has 1 aliphatic rings. The molecule has 0 spiro atoms. The number of ether oxygens (including phenoxy) is 2. The average Bonchev–Trinajstić information content (AvgIpc) is 1.82. The fourth-order valence-corrected chi connectivity index (χ4v) is 0.787. The van der Waals surface area contributed by atoms with Crippen LogP contribution in [0.15, 0.2) is 0 Å². The molecule has 1 saturated heterocycles. The molecule has 0 saturated carbocycles. The summed E-state index contributed by atoms with van der Waals surface area (Å²) in [6, 6.07) is 0. The van der Waals surface area contributed by atoms with Gasteiger partial charge in [-0.05, 0) is 13.8 Å². The van der Waals surface area contributed by atoms with Gasteiger partial charge in [-0.15, -0.1) is 0 Å². The van der Waals surface area contributed by atoms with Crippen molar-refractivity contribution in [1.29, 1.82) is 0 Å². The third-order valence-corrected chi connectivity index (χ3v) is 1.07. The Labute approximate surface area is 49.8 Å². The molecule has 0 aromatic rings. The van der Waals surface area contributed by atoms with Crippen molar-refractivity contribution in [3.63, 3.8) is 0 Å². The molecule has 0 aromatic carbocycles. The molecule has 2 heteroatoms. The SMILES string of the molecule is [CH2]C1(C)OCC(C)O1. The first-order valence-electron chi connectivity index (χ1n) is 2.77. The minimum atomic E-state index is -0.584. The van der Waals surface area contributed by atoms with Gasteiger partial charge >= 0.3 is 0 Å². The number of hydrogen-bond acceptors (Lipinski definition) is 2. The lowest BCUT2D eigenvalue weighted by Crippen LogP contribution is -2.20. The maximum atomic E-state index is 5.22. The van der Waals surface area contributed by atoms with Crippen molar-refractivity contribution < 1.29 is 9.47 Å². The van der Waals surface area contributed by atoms with E-state index in [0.29, 0.717) is 6.61 Å². The summed E-state index contributed by atoms with van der Waals surface area (Å²) in [5.74, 6) is -0.584. The lowest BCUT2D eigenvalue weighted by atomic mass is 10.4. The molecule has 0 amide bonds. The summed E-state index contributed by atoms with van der Waals surface area (Å²) in [6.45, 7) is 8.13. The zero-order valence-corrected chi connectivity index (χ0v) is 5.31. The van der Waals surface area contributed by atoms with E-state index < -0.39 is 5.79 Å². The maximum absolute atomic E-state index is 5.22. The van der Waals surface area contributed by atoms with Crippen molar-refractivity contribution in [3.8, 4) is 0 Å². The summed E-state index contributed by atoms with van der Waals surface area (Å²) in [7, 11) is 0. The fourth-order valence-electron chi connectivity index (χ4n) is 0.787. The molecule has 8 heavy (non-hydrogen) atoms. The summed E-state index contributed by atoms with van der Waals surface area (Å²) < 4.78 is 10.3. The molecule has 1 heterocycles. The lowest BCUT2D eigenvalue weighted by Gasteiger charge is -2.14. The first-order valence-corrected chi connectivity index (χ1v) is 2.77. The summed E-state index contributed by atoms with van der Waals surface area (Å²) in [5.41, 5.74) is 0. The predicted molar refractivity (Wildman–Crippen MR) is 30.3 cm³/mol. The van der Waals surface area contributed by atoms with E-state index in [0.717, 1.165) is 0 Å². The smallest absolute Gasteiger partial charge is 0.166 e. The highest BCUT2D eigenvalue weighted by molar-refractivity contribution is 4.73. The second-order valence-corrected chi connectivity index (χ2v) is 2.37. The van der Waals surface area contributed by atoms with Gasteiger partial charge in [-0.2, -0.15) is 0 Å². The van der Waals surface area contributed by atoms with E-state index in [1.54, 1.807) is 0 Å². The van der Waals surface area contributed by atoms with Crippen LogP contribution in [-0.4, -0.2) is 18.5 Å². The highest BCUT2D eigenvalue weighted by atomic mass is 16.7. The van der Waals surface area contributed by atoms with Crippen molar-refractivity contribution in [3.05, 3.63) is 6.92 Å². The van der Waals surface area contributed by atoms with Crippen LogP contribution in [-0.2, 0) is 9.47 Å². The topological polar surface area (TPSA) is 18.5 Å². The summed E-state index contributed by atoms with van der Waals surface area (Å²) in [6.07, 6.45) is 0.206. The van der Waals surface area contributed by atoms with Gasteiger partial charge in [0, 0.05) is 6.92 Å². The Morgan fingerprint density at radius 3 is 2.50 bits per heavy atom. The first kappa shape index (κ1) is 6.05. The van der Waals surface area contributed by atoms with Crippen LogP contribution in [0.5, 0.6) is 0 Å². The number of rotatable bonds is 0. The Kier molecular flexibility index (Phi) is 1.29. The van der Waals surface area contributed by atoms with E-state index in [9.17, 15) is 0 Å². The van der Waals surface area contributed by atoms with Gasteiger partial charge in [0.1, 0.15) is 0 Å². The molecule has 2 nitrogen and oxygen atoms in total. The molecular weight excluding hydrogens is 104 g/mol. The Balaban J connectivity index is 2.44. The van der Waals surface area contributed by atoms with Gasteiger partial charge in [0.15, 0.2) is 5.79 Å². The molecule has 1 fully saturated rings. The van der Waals surface area contributed by atoms with Crippen LogP contribution in [0.4, 0.5) is 0 Å². The Morgan fingerprint density at radius 2 is 2.38 bits per heavy atom.